The molecule has 0 aromatic heterocycles. The molecule has 0 unspecified atom stereocenters. The predicted molar refractivity (Wildman–Crippen MR) is 58.2 cm³/mol. The number of aliphatic hydroxyl groups is 1. The van der Waals surface area contributed by atoms with Crippen LogP contribution in [0.15, 0.2) is 23.1 Å². The fourth-order valence-electron chi connectivity index (χ4n) is 1.30. The Morgan fingerprint density at radius 2 is 2.07 bits per heavy atom. The molecule has 3 N–H and O–H groups in total. The van der Waals surface area contributed by atoms with Crippen LogP contribution in [0.4, 0.5) is 0 Å². The van der Waals surface area contributed by atoms with Crippen molar-refractivity contribution in [2.24, 2.45) is 5.14 Å². The first kappa shape index (κ1) is 12.4. The van der Waals surface area contributed by atoms with E-state index in [0.29, 0.717) is 23.4 Å². The molecule has 0 aliphatic heterocycles. The van der Waals surface area contributed by atoms with Crippen LogP contribution >= 0.6 is 11.6 Å². The molecule has 1 aromatic rings. The zero-order chi connectivity index (χ0) is 11.5. The molecule has 0 aliphatic carbocycles. The van der Waals surface area contributed by atoms with Gasteiger partial charge in [-0.3, -0.25) is 0 Å². The maximum Gasteiger partial charge on any atom is 0.238 e. The molecule has 0 atom stereocenters. The van der Waals surface area contributed by atoms with E-state index in [9.17, 15) is 8.42 Å². The quantitative estimate of drug-likeness (QED) is 0.832. The second kappa shape index (κ2) is 4.94. The summed E-state index contributed by atoms with van der Waals surface area (Å²) in [7, 11) is -3.75. The Hall–Kier alpha value is -0.620. The summed E-state index contributed by atoms with van der Waals surface area (Å²) < 4.78 is 22.5. The summed E-state index contributed by atoms with van der Waals surface area (Å²) in [6.07, 6.45) is 0.841. The van der Waals surface area contributed by atoms with E-state index in [1.165, 1.54) is 12.1 Å². The Kier molecular flexibility index (Phi) is 4.10. The molecule has 0 fully saturated rings. The van der Waals surface area contributed by atoms with Crippen molar-refractivity contribution in [3.05, 3.63) is 28.8 Å². The van der Waals surface area contributed by atoms with Crippen LogP contribution in [-0.4, -0.2) is 20.1 Å². The van der Waals surface area contributed by atoms with Gasteiger partial charge in [-0.2, -0.15) is 0 Å². The molecule has 0 saturated carbocycles. The van der Waals surface area contributed by atoms with Crippen molar-refractivity contribution in [3.8, 4) is 0 Å². The number of rotatable bonds is 4. The van der Waals surface area contributed by atoms with E-state index in [2.05, 4.69) is 0 Å². The number of halogens is 1. The summed E-state index contributed by atoms with van der Waals surface area (Å²) in [5.41, 5.74) is 0.468. The van der Waals surface area contributed by atoms with E-state index >= 15 is 0 Å². The molecule has 0 spiro atoms. The highest BCUT2D eigenvalue weighted by molar-refractivity contribution is 7.89. The molecular formula is C9H12ClNO3S. The zero-order valence-corrected chi connectivity index (χ0v) is 9.55. The van der Waals surface area contributed by atoms with Crippen LogP contribution in [0, 0.1) is 0 Å². The van der Waals surface area contributed by atoms with Crippen LogP contribution in [0.5, 0.6) is 0 Å². The third kappa shape index (κ3) is 3.17. The van der Waals surface area contributed by atoms with Gasteiger partial charge in [0.2, 0.25) is 10.0 Å². The average Bonchev–Trinajstić information content (AvgIpc) is 2.14. The number of hydrogen-bond acceptors (Lipinski definition) is 3. The Labute approximate surface area is 93.7 Å². The van der Waals surface area contributed by atoms with Crippen LogP contribution in [0.2, 0.25) is 5.02 Å². The van der Waals surface area contributed by atoms with E-state index < -0.39 is 10.0 Å². The number of hydrogen-bond donors (Lipinski definition) is 2. The van der Waals surface area contributed by atoms with Gasteiger partial charge in [-0.15, -0.1) is 0 Å². The number of benzene rings is 1. The molecular weight excluding hydrogens is 238 g/mol. The third-order valence-corrected chi connectivity index (χ3v) is 3.32. The van der Waals surface area contributed by atoms with E-state index in [1.807, 2.05) is 0 Å². The van der Waals surface area contributed by atoms with Crippen LogP contribution < -0.4 is 5.14 Å². The lowest BCUT2D eigenvalue weighted by molar-refractivity contribution is 0.288. The Balaban J connectivity index is 3.21. The molecule has 84 valence electrons. The van der Waals surface area contributed by atoms with E-state index in [-0.39, 0.29) is 11.5 Å². The summed E-state index contributed by atoms with van der Waals surface area (Å²) in [6, 6.07) is 4.54. The summed E-state index contributed by atoms with van der Waals surface area (Å²) in [5, 5.41) is 14.1. The lowest BCUT2D eigenvalue weighted by atomic mass is 10.1. The number of nitrogens with two attached hydrogens (primary N) is 1. The van der Waals surface area contributed by atoms with Gasteiger partial charge in [0, 0.05) is 11.6 Å². The van der Waals surface area contributed by atoms with Crippen LogP contribution in [-0.2, 0) is 16.4 Å². The molecule has 0 heterocycles. The van der Waals surface area contributed by atoms with Crippen molar-refractivity contribution in [1.82, 2.24) is 0 Å². The van der Waals surface area contributed by atoms with Gasteiger partial charge in [-0.05, 0) is 30.5 Å². The normalized spacial score (nSPS) is 11.7. The van der Waals surface area contributed by atoms with Crippen LogP contribution in [0.25, 0.3) is 0 Å². The van der Waals surface area contributed by atoms with Crippen molar-refractivity contribution < 1.29 is 13.5 Å². The van der Waals surface area contributed by atoms with Gasteiger partial charge in [-0.25, -0.2) is 13.6 Å². The summed E-state index contributed by atoms with van der Waals surface area (Å²) in [5.74, 6) is 0. The van der Waals surface area contributed by atoms with Gasteiger partial charge in [0.05, 0.1) is 4.90 Å². The van der Waals surface area contributed by atoms with Gasteiger partial charge in [-0.1, -0.05) is 17.7 Å². The molecule has 0 saturated heterocycles. The zero-order valence-electron chi connectivity index (χ0n) is 7.98. The second-order valence-corrected chi connectivity index (χ2v) is 5.03. The average molecular weight is 250 g/mol. The largest absolute Gasteiger partial charge is 0.396 e. The minimum atomic E-state index is -3.75. The topological polar surface area (TPSA) is 80.4 Å². The second-order valence-electron chi connectivity index (χ2n) is 3.09. The van der Waals surface area contributed by atoms with Gasteiger partial charge < -0.3 is 5.11 Å². The van der Waals surface area contributed by atoms with Crippen molar-refractivity contribution >= 4 is 21.6 Å². The number of primary sulfonamides is 1. The minimum Gasteiger partial charge on any atom is -0.396 e. The number of aliphatic hydroxyl groups excluding tert-OH is 1. The highest BCUT2D eigenvalue weighted by Gasteiger charge is 2.15. The summed E-state index contributed by atoms with van der Waals surface area (Å²) in [6.45, 7) is -0.0186. The van der Waals surface area contributed by atoms with Gasteiger partial charge in [0.25, 0.3) is 0 Å². The molecule has 6 heteroatoms. The van der Waals surface area contributed by atoms with Gasteiger partial charge in [0.15, 0.2) is 0 Å². The standard InChI is InChI=1S/C9H12ClNO3S/c10-8-4-1-5-9(15(11,13)14)7(8)3-2-6-12/h1,4-5,12H,2-3,6H2,(H2,11,13,14). The summed E-state index contributed by atoms with van der Waals surface area (Å²) >= 11 is 5.87. The van der Waals surface area contributed by atoms with Crippen molar-refractivity contribution in [3.63, 3.8) is 0 Å². The first-order valence-corrected chi connectivity index (χ1v) is 6.30. The lowest BCUT2D eigenvalue weighted by Gasteiger charge is -2.08. The SMILES string of the molecule is NS(=O)(=O)c1cccc(Cl)c1CCCO. The van der Waals surface area contributed by atoms with E-state index in [4.69, 9.17) is 21.8 Å². The lowest BCUT2D eigenvalue weighted by Crippen LogP contribution is -2.15. The molecule has 1 aromatic carbocycles. The maximum atomic E-state index is 11.2. The first-order chi connectivity index (χ1) is 6.96. The maximum absolute atomic E-state index is 11.2. The van der Waals surface area contributed by atoms with Gasteiger partial charge >= 0.3 is 0 Å². The summed E-state index contributed by atoms with van der Waals surface area (Å²) in [4.78, 5) is 0.0310. The van der Waals surface area contributed by atoms with Crippen molar-refractivity contribution in [2.45, 2.75) is 17.7 Å². The molecule has 0 bridgehead atoms. The van der Waals surface area contributed by atoms with Crippen molar-refractivity contribution in [1.29, 1.82) is 0 Å². The molecule has 0 aliphatic rings. The first-order valence-electron chi connectivity index (χ1n) is 4.38. The molecule has 15 heavy (non-hydrogen) atoms. The molecule has 0 amide bonds. The molecule has 1 rings (SSSR count). The third-order valence-electron chi connectivity index (χ3n) is 1.97. The van der Waals surface area contributed by atoms with Crippen LogP contribution in [0.1, 0.15) is 12.0 Å². The fourth-order valence-corrected chi connectivity index (χ4v) is 2.45. The molecule has 4 nitrogen and oxygen atoms in total. The highest BCUT2D eigenvalue weighted by atomic mass is 35.5. The monoisotopic (exact) mass is 249 g/mol. The van der Waals surface area contributed by atoms with E-state index in [1.54, 1.807) is 6.07 Å². The number of sulfonamides is 1. The van der Waals surface area contributed by atoms with Crippen molar-refractivity contribution in [2.75, 3.05) is 6.61 Å². The smallest absolute Gasteiger partial charge is 0.238 e. The highest BCUT2D eigenvalue weighted by Crippen LogP contribution is 2.24. The van der Waals surface area contributed by atoms with Crippen LogP contribution in [0.3, 0.4) is 0 Å². The fraction of sp³-hybridized carbons (Fsp3) is 0.333. The Morgan fingerprint density at radius 3 is 2.60 bits per heavy atom. The Bertz CT molecular complexity index is 445. The predicted octanol–water partition coefficient (Wildman–Crippen LogP) is 0.912. The minimum absolute atomic E-state index is 0.0186. The Morgan fingerprint density at radius 1 is 1.40 bits per heavy atom. The van der Waals surface area contributed by atoms with E-state index in [0.717, 1.165) is 0 Å². The molecule has 0 radical (unpaired) electrons. The van der Waals surface area contributed by atoms with Gasteiger partial charge in [0.1, 0.15) is 0 Å².